The number of anilines is 1. The summed E-state index contributed by atoms with van der Waals surface area (Å²) in [7, 11) is 0. The normalized spacial score (nSPS) is 12.4. The number of nitrogens with two attached hydrogens (primary N) is 1. The molecule has 0 saturated heterocycles. The van der Waals surface area contributed by atoms with Gasteiger partial charge >= 0.3 is 0 Å². The van der Waals surface area contributed by atoms with Gasteiger partial charge in [0.25, 0.3) is 0 Å². The molecule has 0 radical (unpaired) electrons. The molecule has 2 rings (SSSR count). The molecule has 0 aliphatic heterocycles. The first kappa shape index (κ1) is 12.1. The van der Waals surface area contributed by atoms with Crippen molar-refractivity contribution in [1.82, 2.24) is 4.98 Å². The fourth-order valence-corrected chi connectivity index (χ4v) is 1.98. The summed E-state index contributed by atoms with van der Waals surface area (Å²) in [4.78, 5) is 4.17. The first-order chi connectivity index (χ1) is 8.08. The van der Waals surface area contributed by atoms with Gasteiger partial charge in [0.05, 0.1) is 0 Å². The van der Waals surface area contributed by atoms with Gasteiger partial charge in [0.1, 0.15) is 6.10 Å². The molecule has 17 heavy (non-hydrogen) atoms. The van der Waals surface area contributed by atoms with Gasteiger partial charge in [0.2, 0.25) is 0 Å². The zero-order valence-corrected chi connectivity index (χ0v) is 11.0. The Hall–Kier alpha value is -1.39. The van der Waals surface area contributed by atoms with Crippen molar-refractivity contribution in [3.63, 3.8) is 0 Å². The van der Waals surface area contributed by atoms with Crippen LogP contribution in [0.1, 0.15) is 22.9 Å². The van der Waals surface area contributed by atoms with E-state index in [0.717, 1.165) is 15.7 Å². The Labute approximate surface area is 108 Å². The number of halogens is 1. The SMILES string of the molecule is Cc1ccc(C(O)c2cc(Br)ccc2N)cn1. The van der Waals surface area contributed by atoms with Gasteiger partial charge in [0.15, 0.2) is 0 Å². The molecule has 4 heteroatoms. The average Bonchev–Trinajstić information content (AvgIpc) is 2.32. The third-order valence-electron chi connectivity index (χ3n) is 2.59. The van der Waals surface area contributed by atoms with Gasteiger partial charge in [-0.1, -0.05) is 22.0 Å². The van der Waals surface area contributed by atoms with Crippen molar-refractivity contribution >= 4 is 21.6 Å². The molecular weight excluding hydrogens is 280 g/mol. The van der Waals surface area contributed by atoms with E-state index in [1.54, 1.807) is 12.3 Å². The minimum atomic E-state index is -0.749. The predicted octanol–water partition coefficient (Wildman–Crippen LogP) is 2.82. The average molecular weight is 293 g/mol. The molecule has 0 fully saturated rings. The maximum absolute atomic E-state index is 10.2. The second-order valence-corrected chi connectivity index (χ2v) is 4.82. The van der Waals surface area contributed by atoms with Crippen LogP contribution in [0.4, 0.5) is 5.69 Å². The molecule has 3 N–H and O–H groups in total. The molecular formula is C13H13BrN2O. The van der Waals surface area contributed by atoms with E-state index in [0.29, 0.717) is 11.3 Å². The highest BCUT2D eigenvalue weighted by molar-refractivity contribution is 9.10. The van der Waals surface area contributed by atoms with Gasteiger partial charge in [-0.05, 0) is 31.2 Å². The van der Waals surface area contributed by atoms with Crippen molar-refractivity contribution in [2.45, 2.75) is 13.0 Å². The smallest absolute Gasteiger partial charge is 0.108 e. The molecule has 1 aromatic carbocycles. The summed E-state index contributed by atoms with van der Waals surface area (Å²) in [5.74, 6) is 0. The summed E-state index contributed by atoms with van der Waals surface area (Å²) in [5.41, 5.74) is 8.77. The van der Waals surface area contributed by atoms with Crippen LogP contribution >= 0.6 is 15.9 Å². The van der Waals surface area contributed by atoms with Gasteiger partial charge in [-0.3, -0.25) is 4.98 Å². The lowest BCUT2D eigenvalue weighted by Crippen LogP contribution is -2.04. The van der Waals surface area contributed by atoms with E-state index >= 15 is 0 Å². The highest BCUT2D eigenvalue weighted by Gasteiger charge is 2.14. The Morgan fingerprint density at radius 2 is 2.06 bits per heavy atom. The zero-order valence-electron chi connectivity index (χ0n) is 9.39. The molecule has 0 aliphatic carbocycles. The first-order valence-electron chi connectivity index (χ1n) is 5.23. The van der Waals surface area contributed by atoms with Gasteiger partial charge in [0, 0.05) is 33.2 Å². The summed E-state index contributed by atoms with van der Waals surface area (Å²) < 4.78 is 0.890. The van der Waals surface area contributed by atoms with Gasteiger partial charge < -0.3 is 10.8 Å². The number of hydrogen-bond donors (Lipinski definition) is 2. The lowest BCUT2D eigenvalue weighted by atomic mass is 10.0. The summed E-state index contributed by atoms with van der Waals surface area (Å²) in [6, 6.07) is 9.16. The molecule has 2 aromatic rings. The summed E-state index contributed by atoms with van der Waals surface area (Å²) in [5, 5.41) is 10.2. The summed E-state index contributed by atoms with van der Waals surface area (Å²) in [6.45, 7) is 1.91. The fourth-order valence-electron chi connectivity index (χ4n) is 1.60. The van der Waals surface area contributed by atoms with Crippen molar-refractivity contribution in [2.75, 3.05) is 5.73 Å². The quantitative estimate of drug-likeness (QED) is 0.837. The minimum Gasteiger partial charge on any atom is -0.398 e. The van der Waals surface area contributed by atoms with E-state index in [-0.39, 0.29) is 0 Å². The van der Waals surface area contributed by atoms with Crippen LogP contribution in [0.2, 0.25) is 0 Å². The molecule has 1 unspecified atom stereocenters. The molecule has 0 bridgehead atoms. The number of rotatable bonds is 2. The van der Waals surface area contributed by atoms with Crippen LogP contribution in [0.3, 0.4) is 0 Å². The molecule has 0 aliphatic rings. The topological polar surface area (TPSA) is 59.1 Å². The van der Waals surface area contributed by atoms with Crippen molar-refractivity contribution in [1.29, 1.82) is 0 Å². The van der Waals surface area contributed by atoms with Gasteiger partial charge in [-0.25, -0.2) is 0 Å². The summed E-state index contributed by atoms with van der Waals surface area (Å²) >= 11 is 3.37. The Morgan fingerprint density at radius 3 is 2.71 bits per heavy atom. The maximum Gasteiger partial charge on any atom is 0.108 e. The number of nitrogens with zero attached hydrogens (tertiary/aromatic N) is 1. The third kappa shape index (κ3) is 2.65. The van der Waals surface area contributed by atoms with Crippen molar-refractivity contribution in [2.24, 2.45) is 0 Å². The Morgan fingerprint density at radius 1 is 1.29 bits per heavy atom. The van der Waals surface area contributed by atoms with Crippen LogP contribution in [0.15, 0.2) is 41.0 Å². The van der Waals surface area contributed by atoms with Crippen LogP contribution in [0.5, 0.6) is 0 Å². The van der Waals surface area contributed by atoms with Crippen LogP contribution in [0.25, 0.3) is 0 Å². The second-order valence-electron chi connectivity index (χ2n) is 3.91. The van der Waals surface area contributed by atoms with E-state index in [4.69, 9.17) is 5.73 Å². The Bertz CT molecular complexity index is 525. The van der Waals surface area contributed by atoms with Gasteiger partial charge in [-0.15, -0.1) is 0 Å². The molecule has 0 amide bonds. The van der Waals surface area contributed by atoms with Crippen LogP contribution in [-0.4, -0.2) is 10.1 Å². The van der Waals surface area contributed by atoms with Crippen molar-refractivity contribution in [3.8, 4) is 0 Å². The summed E-state index contributed by atoms with van der Waals surface area (Å²) in [6.07, 6.45) is 0.918. The van der Waals surface area contributed by atoms with E-state index in [1.165, 1.54) is 0 Å². The number of aliphatic hydroxyl groups excluding tert-OH is 1. The number of aryl methyl sites for hydroxylation is 1. The van der Waals surface area contributed by atoms with Crippen molar-refractivity contribution in [3.05, 3.63) is 57.8 Å². The highest BCUT2D eigenvalue weighted by Crippen LogP contribution is 2.28. The Kier molecular flexibility index (Phi) is 3.45. The Balaban J connectivity index is 2.39. The van der Waals surface area contributed by atoms with E-state index in [2.05, 4.69) is 20.9 Å². The largest absolute Gasteiger partial charge is 0.398 e. The second kappa shape index (κ2) is 4.85. The van der Waals surface area contributed by atoms with Crippen molar-refractivity contribution < 1.29 is 5.11 Å². The van der Waals surface area contributed by atoms with E-state index in [9.17, 15) is 5.11 Å². The molecule has 0 saturated carbocycles. The number of aromatic nitrogens is 1. The third-order valence-corrected chi connectivity index (χ3v) is 3.09. The van der Waals surface area contributed by atoms with E-state index in [1.807, 2.05) is 31.2 Å². The zero-order chi connectivity index (χ0) is 12.4. The molecule has 88 valence electrons. The molecule has 3 nitrogen and oxygen atoms in total. The number of aliphatic hydroxyl groups is 1. The molecule has 0 spiro atoms. The molecule has 1 heterocycles. The number of hydrogen-bond acceptors (Lipinski definition) is 3. The number of nitrogen functional groups attached to an aromatic ring is 1. The van der Waals surface area contributed by atoms with Crippen LogP contribution in [0, 0.1) is 6.92 Å². The van der Waals surface area contributed by atoms with Gasteiger partial charge in [-0.2, -0.15) is 0 Å². The standard InChI is InChI=1S/C13H13BrN2O/c1-8-2-3-9(7-16-8)13(17)11-6-10(14)4-5-12(11)15/h2-7,13,17H,15H2,1H3. The molecule has 1 aromatic heterocycles. The lowest BCUT2D eigenvalue weighted by Gasteiger charge is -2.14. The van der Waals surface area contributed by atoms with E-state index < -0.39 is 6.10 Å². The monoisotopic (exact) mass is 292 g/mol. The van der Waals surface area contributed by atoms with Crippen LogP contribution < -0.4 is 5.73 Å². The lowest BCUT2D eigenvalue weighted by molar-refractivity contribution is 0.220. The molecule has 1 atom stereocenters. The number of benzene rings is 1. The minimum absolute atomic E-state index is 0.571. The number of pyridine rings is 1. The maximum atomic E-state index is 10.2. The fraction of sp³-hybridized carbons (Fsp3) is 0.154. The van der Waals surface area contributed by atoms with Crippen LogP contribution in [-0.2, 0) is 0 Å². The first-order valence-corrected chi connectivity index (χ1v) is 6.03. The highest BCUT2D eigenvalue weighted by atomic mass is 79.9. The predicted molar refractivity (Wildman–Crippen MR) is 71.6 cm³/mol.